The van der Waals surface area contributed by atoms with Crippen molar-refractivity contribution in [1.29, 1.82) is 0 Å². The molecule has 0 amide bonds. The molecule has 0 aliphatic rings. The number of rotatable bonds is 6. The van der Waals surface area contributed by atoms with Crippen LogP contribution in [-0.4, -0.2) is 24.4 Å². The Morgan fingerprint density at radius 2 is 2.05 bits per heavy atom. The fourth-order valence-corrected chi connectivity index (χ4v) is 3.97. The van der Waals surface area contributed by atoms with Crippen molar-refractivity contribution in [3.05, 3.63) is 42.7 Å². The second kappa shape index (κ2) is 6.33. The number of hydrogen-bond donors (Lipinski definition) is 1. The van der Waals surface area contributed by atoms with E-state index >= 15 is 0 Å². The number of anilines is 1. The molecular weight excluding hydrogens is 321 g/mol. The minimum absolute atomic E-state index is 0.0330. The predicted molar refractivity (Wildman–Crippen MR) is 78.0 cm³/mol. The third kappa shape index (κ3) is 3.78. The molecule has 1 aromatic carbocycles. The molecule has 0 unspecified atom stereocenters. The number of thioether (sulfide) groups is 1. The highest BCUT2D eigenvalue weighted by Gasteiger charge is 2.16. The molecule has 2 rings (SSSR count). The molecule has 9 heteroatoms. The van der Waals surface area contributed by atoms with Crippen molar-refractivity contribution in [2.24, 2.45) is 0 Å². The van der Waals surface area contributed by atoms with Crippen LogP contribution in [0.15, 0.2) is 46.2 Å². The highest BCUT2D eigenvalue weighted by atomic mass is 32.2. The molecule has 0 saturated carbocycles. The maximum absolute atomic E-state index is 12.8. The van der Waals surface area contributed by atoms with Crippen molar-refractivity contribution in [2.75, 3.05) is 10.5 Å². The van der Waals surface area contributed by atoms with E-state index < -0.39 is 15.8 Å². The van der Waals surface area contributed by atoms with E-state index in [9.17, 15) is 12.8 Å². The lowest BCUT2D eigenvalue weighted by molar-refractivity contribution is 0.599. The Kier molecular flexibility index (Phi) is 4.73. The normalized spacial score (nSPS) is 11.2. The Morgan fingerprint density at radius 1 is 1.35 bits per heavy atom. The van der Waals surface area contributed by atoms with E-state index in [0.29, 0.717) is 10.1 Å². The summed E-state index contributed by atoms with van der Waals surface area (Å²) in [7, 11) is -3.78. The molecule has 0 spiro atoms. The van der Waals surface area contributed by atoms with Crippen LogP contribution in [0.5, 0.6) is 0 Å². The molecule has 0 radical (unpaired) electrons. The number of aromatic nitrogens is 2. The SMILES string of the molecule is C=CCSc1nnc(NS(=O)(=O)c2ccc(F)cc2)s1. The molecule has 2 aromatic rings. The predicted octanol–water partition coefficient (Wildman–Crippen LogP) is 2.76. The van der Waals surface area contributed by atoms with Crippen molar-refractivity contribution < 1.29 is 12.8 Å². The van der Waals surface area contributed by atoms with Gasteiger partial charge in [-0.15, -0.1) is 16.8 Å². The Labute approximate surface area is 124 Å². The van der Waals surface area contributed by atoms with Gasteiger partial charge in [0.05, 0.1) is 4.90 Å². The highest BCUT2D eigenvalue weighted by molar-refractivity contribution is 8.01. The topological polar surface area (TPSA) is 72.0 Å². The fourth-order valence-electron chi connectivity index (χ4n) is 1.23. The molecule has 0 aliphatic heterocycles. The van der Waals surface area contributed by atoms with Crippen molar-refractivity contribution in [2.45, 2.75) is 9.24 Å². The first kappa shape index (κ1) is 14.9. The molecule has 0 atom stereocenters. The zero-order valence-corrected chi connectivity index (χ0v) is 12.6. The minimum atomic E-state index is -3.78. The van der Waals surface area contributed by atoms with Crippen LogP contribution in [0.2, 0.25) is 0 Å². The largest absolute Gasteiger partial charge is 0.263 e. The van der Waals surface area contributed by atoms with Gasteiger partial charge >= 0.3 is 0 Å². The second-order valence-electron chi connectivity index (χ2n) is 3.53. The molecule has 20 heavy (non-hydrogen) atoms. The van der Waals surface area contributed by atoms with Gasteiger partial charge in [0.2, 0.25) is 5.13 Å². The van der Waals surface area contributed by atoms with Gasteiger partial charge in [0.25, 0.3) is 10.0 Å². The van der Waals surface area contributed by atoms with E-state index in [-0.39, 0.29) is 10.0 Å². The number of benzene rings is 1. The summed E-state index contributed by atoms with van der Waals surface area (Å²) in [6.07, 6.45) is 1.72. The molecule has 1 heterocycles. The maximum atomic E-state index is 12.8. The molecule has 5 nitrogen and oxygen atoms in total. The maximum Gasteiger partial charge on any atom is 0.263 e. The van der Waals surface area contributed by atoms with Gasteiger partial charge in [0.1, 0.15) is 5.82 Å². The summed E-state index contributed by atoms with van der Waals surface area (Å²) in [5.74, 6) is 0.169. The average Bonchev–Trinajstić information content (AvgIpc) is 2.83. The molecule has 0 bridgehead atoms. The number of nitrogens with one attached hydrogen (secondary N) is 1. The summed E-state index contributed by atoms with van der Waals surface area (Å²) in [5.41, 5.74) is 0. The first-order valence-electron chi connectivity index (χ1n) is 5.37. The minimum Gasteiger partial charge on any atom is -0.253 e. The third-order valence-electron chi connectivity index (χ3n) is 2.08. The van der Waals surface area contributed by atoms with Gasteiger partial charge in [-0.3, -0.25) is 4.72 Å². The van der Waals surface area contributed by atoms with E-state index in [2.05, 4.69) is 21.5 Å². The van der Waals surface area contributed by atoms with Gasteiger partial charge in [-0.2, -0.15) is 0 Å². The van der Waals surface area contributed by atoms with Crippen LogP contribution >= 0.6 is 23.1 Å². The van der Waals surface area contributed by atoms with E-state index in [4.69, 9.17) is 0 Å². The standard InChI is InChI=1S/C11H10FN3O2S3/c1-2-7-18-11-14-13-10(19-11)15-20(16,17)9-5-3-8(12)4-6-9/h2-6H,1,7H2,(H,13,15). The second-order valence-corrected chi connectivity index (χ2v) is 7.46. The lowest BCUT2D eigenvalue weighted by Gasteiger charge is -2.03. The molecule has 1 aromatic heterocycles. The van der Waals surface area contributed by atoms with Gasteiger partial charge < -0.3 is 0 Å². The molecule has 0 saturated heterocycles. The van der Waals surface area contributed by atoms with Crippen LogP contribution in [-0.2, 0) is 10.0 Å². The van der Waals surface area contributed by atoms with Gasteiger partial charge in [-0.05, 0) is 24.3 Å². The Morgan fingerprint density at radius 3 is 2.70 bits per heavy atom. The summed E-state index contributed by atoms with van der Waals surface area (Å²) < 4.78 is 39.8. The molecule has 1 N–H and O–H groups in total. The van der Waals surface area contributed by atoms with Gasteiger partial charge in [-0.25, -0.2) is 12.8 Å². The molecule has 0 aliphatic carbocycles. The number of halogens is 1. The van der Waals surface area contributed by atoms with Gasteiger partial charge in [0.15, 0.2) is 4.34 Å². The highest BCUT2D eigenvalue weighted by Crippen LogP contribution is 2.27. The van der Waals surface area contributed by atoms with Crippen LogP contribution < -0.4 is 4.72 Å². The average molecular weight is 331 g/mol. The summed E-state index contributed by atoms with van der Waals surface area (Å²) >= 11 is 2.53. The van der Waals surface area contributed by atoms with Crippen molar-refractivity contribution in [1.82, 2.24) is 10.2 Å². The lowest BCUT2D eigenvalue weighted by atomic mass is 10.4. The van der Waals surface area contributed by atoms with Crippen molar-refractivity contribution in [3.8, 4) is 0 Å². The van der Waals surface area contributed by atoms with Crippen LogP contribution in [0.25, 0.3) is 0 Å². The summed E-state index contributed by atoms with van der Waals surface area (Å²) in [6.45, 7) is 3.58. The molecule has 0 fully saturated rings. The van der Waals surface area contributed by atoms with Crippen molar-refractivity contribution in [3.63, 3.8) is 0 Å². The first-order chi connectivity index (χ1) is 9.51. The van der Waals surface area contributed by atoms with E-state index in [1.165, 1.54) is 23.9 Å². The van der Waals surface area contributed by atoms with Gasteiger partial charge in [0, 0.05) is 5.75 Å². The van der Waals surface area contributed by atoms with Crippen LogP contribution in [0.4, 0.5) is 9.52 Å². The fraction of sp³-hybridized carbons (Fsp3) is 0.0909. The zero-order chi connectivity index (χ0) is 14.6. The first-order valence-corrected chi connectivity index (χ1v) is 8.65. The Bertz CT molecular complexity index is 698. The number of sulfonamides is 1. The van der Waals surface area contributed by atoms with Crippen molar-refractivity contribution >= 4 is 38.3 Å². The van der Waals surface area contributed by atoms with Crippen LogP contribution in [0.3, 0.4) is 0 Å². The summed E-state index contributed by atoms with van der Waals surface area (Å²) in [4.78, 5) is -0.0330. The quantitative estimate of drug-likeness (QED) is 0.651. The van der Waals surface area contributed by atoms with Gasteiger partial charge in [-0.1, -0.05) is 29.2 Å². The lowest BCUT2D eigenvalue weighted by Crippen LogP contribution is -2.12. The molecular formula is C11H10FN3O2S3. The zero-order valence-electron chi connectivity index (χ0n) is 10.1. The van der Waals surface area contributed by atoms with E-state index in [0.717, 1.165) is 23.5 Å². The molecule has 106 valence electrons. The Hall–Kier alpha value is -1.45. The summed E-state index contributed by atoms with van der Waals surface area (Å²) in [6, 6.07) is 4.54. The van der Waals surface area contributed by atoms with E-state index in [1.807, 2.05) is 0 Å². The Balaban J connectivity index is 2.13. The van der Waals surface area contributed by atoms with E-state index in [1.54, 1.807) is 6.08 Å². The van der Waals surface area contributed by atoms with Crippen LogP contribution in [0.1, 0.15) is 0 Å². The third-order valence-corrected chi connectivity index (χ3v) is 5.53. The summed E-state index contributed by atoms with van der Waals surface area (Å²) in [5, 5.41) is 7.76. The van der Waals surface area contributed by atoms with Crippen LogP contribution in [0, 0.1) is 5.82 Å². The smallest absolute Gasteiger partial charge is 0.253 e. The monoisotopic (exact) mass is 331 g/mol. The number of hydrogen-bond acceptors (Lipinski definition) is 6. The number of nitrogens with zero attached hydrogens (tertiary/aromatic N) is 2.